The van der Waals surface area contributed by atoms with Crippen LogP contribution < -0.4 is 4.90 Å². The molecule has 114 valence electrons. The lowest BCUT2D eigenvalue weighted by Gasteiger charge is -2.31. The molecular weight excluding hydrogens is 262 g/mol. The van der Waals surface area contributed by atoms with E-state index < -0.39 is 0 Å². The Bertz CT molecular complexity index is 473. The fraction of sp³-hybridized carbons (Fsp3) is 0.647. The Kier molecular flexibility index (Phi) is 4.42. The molecule has 0 unspecified atom stereocenters. The second-order valence-corrected chi connectivity index (χ2v) is 6.31. The van der Waals surface area contributed by atoms with Crippen LogP contribution >= 0.6 is 0 Å². The molecule has 1 saturated carbocycles. The molecule has 0 atom stereocenters. The summed E-state index contributed by atoms with van der Waals surface area (Å²) in [6.45, 7) is 2.17. The Morgan fingerprint density at radius 1 is 1.14 bits per heavy atom. The van der Waals surface area contributed by atoms with E-state index in [0.29, 0.717) is 11.6 Å². The molecule has 4 heteroatoms. The summed E-state index contributed by atoms with van der Waals surface area (Å²) in [5.41, 5.74) is 0.714. The van der Waals surface area contributed by atoms with Crippen molar-refractivity contribution in [2.24, 2.45) is 0 Å². The van der Waals surface area contributed by atoms with E-state index in [-0.39, 0.29) is 5.91 Å². The minimum Gasteiger partial charge on any atom is -0.357 e. The average molecular weight is 287 g/mol. The number of amides is 1. The third-order valence-electron chi connectivity index (χ3n) is 4.87. The van der Waals surface area contributed by atoms with Crippen molar-refractivity contribution in [3.05, 3.63) is 23.9 Å². The van der Waals surface area contributed by atoms with Crippen molar-refractivity contribution < 1.29 is 4.79 Å². The Labute approximate surface area is 127 Å². The fourth-order valence-electron chi connectivity index (χ4n) is 3.48. The van der Waals surface area contributed by atoms with Crippen molar-refractivity contribution in [2.75, 3.05) is 25.0 Å². The highest BCUT2D eigenvalue weighted by atomic mass is 16.2. The average Bonchev–Trinajstić information content (AvgIpc) is 3.09. The number of rotatable bonds is 3. The van der Waals surface area contributed by atoms with Gasteiger partial charge in [0.25, 0.3) is 5.91 Å². The largest absolute Gasteiger partial charge is 0.357 e. The van der Waals surface area contributed by atoms with Gasteiger partial charge in [-0.15, -0.1) is 0 Å². The summed E-state index contributed by atoms with van der Waals surface area (Å²) in [6.07, 6.45) is 10.3. The summed E-state index contributed by atoms with van der Waals surface area (Å²) in [6, 6.07) is 4.33. The molecule has 3 rings (SSSR count). The predicted molar refractivity (Wildman–Crippen MR) is 84.7 cm³/mol. The maximum Gasteiger partial charge on any atom is 0.255 e. The minimum atomic E-state index is 0.113. The van der Waals surface area contributed by atoms with E-state index in [2.05, 4.69) is 9.88 Å². The van der Waals surface area contributed by atoms with Crippen molar-refractivity contribution in [1.29, 1.82) is 0 Å². The van der Waals surface area contributed by atoms with Gasteiger partial charge in [0.1, 0.15) is 5.82 Å². The molecule has 1 aliphatic carbocycles. The normalized spacial score (nSPS) is 19.8. The molecule has 0 radical (unpaired) electrons. The molecule has 0 bridgehead atoms. The number of hydrogen-bond donors (Lipinski definition) is 0. The maximum atomic E-state index is 12.5. The molecule has 21 heavy (non-hydrogen) atoms. The van der Waals surface area contributed by atoms with E-state index in [9.17, 15) is 4.79 Å². The molecule has 4 nitrogen and oxygen atoms in total. The van der Waals surface area contributed by atoms with Crippen LogP contribution in [-0.2, 0) is 0 Å². The lowest BCUT2D eigenvalue weighted by molar-refractivity contribution is 0.0696. The highest BCUT2D eigenvalue weighted by Gasteiger charge is 2.23. The van der Waals surface area contributed by atoms with E-state index in [0.717, 1.165) is 31.7 Å². The Morgan fingerprint density at radius 3 is 2.48 bits per heavy atom. The van der Waals surface area contributed by atoms with E-state index in [4.69, 9.17) is 0 Å². The van der Waals surface area contributed by atoms with Gasteiger partial charge in [0.2, 0.25) is 0 Å². The van der Waals surface area contributed by atoms with Crippen LogP contribution in [0.3, 0.4) is 0 Å². The Hall–Kier alpha value is -1.58. The fourth-order valence-corrected chi connectivity index (χ4v) is 3.48. The van der Waals surface area contributed by atoms with Crippen molar-refractivity contribution in [1.82, 2.24) is 9.88 Å². The summed E-state index contributed by atoms with van der Waals surface area (Å²) >= 11 is 0. The lowest BCUT2D eigenvalue weighted by Crippen LogP contribution is -2.38. The molecule has 1 aromatic rings. The number of carbonyl (C=O) groups is 1. The first-order valence-electron chi connectivity index (χ1n) is 8.24. The minimum absolute atomic E-state index is 0.113. The van der Waals surface area contributed by atoms with Crippen molar-refractivity contribution in [2.45, 2.75) is 51.0 Å². The van der Waals surface area contributed by atoms with Gasteiger partial charge < -0.3 is 9.80 Å². The van der Waals surface area contributed by atoms with Crippen LogP contribution in [0.5, 0.6) is 0 Å². The second-order valence-electron chi connectivity index (χ2n) is 6.31. The zero-order chi connectivity index (χ0) is 14.7. The van der Waals surface area contributed by atoms with Gasteiger partial charge in [0.05, 0.1) is 5.56 Å². The Balaban J connectivity index is 1.66. The predicted octanol–water partition coefficient (Wildman–Crippen LogP) is 3.09. The van der Waals surface area contributed by atoms with E-state index >= 15 is 0 Å². The Morgan fingerprint density at radius 2 is 1.86 bits per heavy atom. The zero-order valence-electron chi connectivity index (χ0n) is 12.9. The van der Waals surface area contributed by atoms with Crippen molar-refractivity contribution >= 4 is 11.7 Å². The number of pyridine rings is 1. The zero-order valence-corrected chi connectivity index (χ0v) is 12.9. The highest BCUT2D eigenvalue weighted by Crippen LogP contribution is 2.23. The van der Waals surface area contributed by atoms with Crippen molar-refractivity contribution in [3.8, 4) is 0 Å². The SMILES string of the molecule is CN(C(=O)c1ccc(N2CCCC2)nc1)C1CCCCC1. The molecule has 1 aromatic heterocycles. The standard InChI is InChI=1S/C17H25N3O/c1-19(15-7-3-2-4-8-15)17(21)14-9-10-16(18-13-14)20-11-5-6-12-20/h9-10,13,15H,2-8,11-12H2,1H3. The number of carbonyl (C=O) groups excluding carboxylic acids is 1. The van der Waals surface area contributed by atoms with E-state index in [1.165, 1.54) is 32.1 Å². The number of nitrogens with zero attached hydrogens (tertiary/aromatic N) is 3. The smallest absolute Gasteiger partial charge is 0.255 e. The number of anilines is 1. The van der Waals surface area contributed by atoms with Gasteiger partial charge in [-0.2, -0.15) is 0 Å². The molecule has 0 spiro atoms. The summed E-state index contributed by atoms with van der Waals surface area (Å²) < 4.78 is 0. The second kappa shape index (κ2) is 6.46. The summed E-state index contributed by atoms with van der Waals surface area (Å²) in [5.74, 6) is 1.12. The van der Waals surface area contributed by atoms with Gasteiger partial charge >= 0.3 is 0 Å². The number of aromatic nitrogens is 1. The van der Waals surface area contributed by atoms with Gasteiger partial charge in [0.15, 0.2) is 0 Å². The van der Waals surface area contributed by atoms with Gasteiger partial charge in [-0.05, 0) is 37.8 Å². The first-order chi connectivity index (χ1) is 10.3. The monoisotopic (exact) mass is 287 g/mol. The van der Waals surface area contributed by atoms with Crippen LogP contribution in [0.4, 0.5) is 5.82 Å². The van der Waals surface area contributed by atoms with E-state index in [1.54, 1.807) is 6.20 Å². The van der Waals surface area contributed by atoms with Crippen LogP contribution in [0, 0.1) is 0 Å². The van der Waals surface area contributed by atoms with Crippen LogP contribution in [0.2, 0.25) is 0 Å². The molecule has 2 fully saturated rings. The topological polar surface area (TPSA) is 36.4 Å². The highest BCUT2D eigenvalue weighted by molar-refractivity contribution is 5.94. The maximum absolute atomic E-state index is 12.5. The molecule has 2 aliphatic rings. The molecule has 2 heterocycles. The third-order valence-corrected chi connectivity index (χ3v) is 4.87. The summed E-state index contributed by atoms with van der Waals surface area (Å²) in [4.78, 5) is 21.2. The van der Waals surface area contributed by atoms with Gasteiger partial charge in [-0.1, -0.05) is 19.3 Å². The van der Waals surface area contributed by atoms with Gasteiger partial charge in [-0.3, -0.25) is 4.79 Å². The third kappa shape index (κ3) is 3.20. The van der Waals surface area contributed by atoms with Gasteiger partial charge in [-0.25, -0.2) is 4.98 Å². The molecule has 1 aliphatic heterocycles. The quantitative estimate of drug-likeness (QED) is 0.857. The van der Waals surface area contributed by atoms with Crippen LogP contribution in [-0.4, -0.2) is 42.0 Å². The van der Waals surface area contributed by atoms with Crippen LogP contribution in [0.15, 0.2) is 18.3 Å². The van der Waals surface area contributed by atoms with Crippen LogP contribution in [0.25, 0.3) is 0 Å². The lowest BCUT2D eigenvalue weighted by atomic mass is 9.94. The summed E-state index contributed by atoms with van der Waals surface area (Å²) in [7, 11) is 1.94. The molecular formula is C17H25N3O. The van der Waals surface area contributed by atoms with E-state index in [1.807, 2.05) is 24.1 Å². The first kappa shape index (κ1) is 14.4. The van der Waals surface area contributed by atoms with Crippen molar-refractivity contribution in [3.63, 3.8) is 0 Å². The van der Waals surface area contributed by atoms with Gasteiger partial charge in [0, 0.05) is 32.4 Å². The van der Waals surface area contributed by atoms with Crippen LogP contribution in [0.1, 0.15) is 55.3 Å². The molecule has 1 amide bonds. The molecule has 0 aromatic carbocycles. The molecule has 1 saturated heterocycles. The summed E-state index contributed by atoms with van der Waals surface area (Å²) in [5, 5.41) is 0. The first-order valence-corrected chi connectivity index (χ1v) is 8.24. The molecule has 0 N–H and O–H groups in total. The number of hydrogen-bond acceptors (Lipinski definition) is 3.